The Morgan fingerprint density at radius 2 is 1.67 bits per heavy atom. The molecular weight excluding hydrogens is 418 g/mol. The summed E-state index contributed by atoms with van der Waals surface area (Å²) in [7, 11) is 3.57. The van der Waals surface area contributed by atoms with Gasteiger partial charge < -0.3 is 23.8 Å². The molecule has 1 heterocycles. The van der Waals surface area contributed by atoms with Gasteiger partial charge in [0.15, 0.2) is 0 Å². The number of nitrogens with zero attached hydrogens (tertiary/aromatic N) is 3. The first kappa shape index (κ1) is 26.5. The Kier molecular flexibility index (Phi) is 11.5. The summed E-state index contributed by atoms with van der Waals surface area (Å²) >= 11 is 0. The van der Waals surface area contributed by atoms with Gasteiger partial charge in [-0.2, -0.15) is 0 Å². The number of methoxy groups -OCH3 is 1. The molecule has 0 aliphatic rings. The zero-order valence-corrected chi connectivity index (χ0v) is 20.6. The molecule has 7 nitrogen and oxygen atoms in total. The average Bonchev–Trinajstić information content (AvgIpc) is 3.23. The Labute approximate surface area is 198 Å². The van der Waals surface area contributed by atoms with Crippen molar-refractivity contribution in [2.75, 3.05) is 40.0 Å². The molecule has 1 aromatic carbocycles. The maximum absolute atomic E-state index is 13.3. The van der Waals surface area contributed by atoms with Gasteiger partial charge in [-0.15, -0.1) is 0 Å². The summed E-state index contributed by atoms with van der Waals surface area (Å²) in [5.74, 6) is 0.497. The summed E-state index contributed by atoms with van der Waals surface area (Å²) in [6, 6.07) is 11.1. The van der Waals surface area contributed by atoms with Crippen LogP contribution in [0.1, 0.15) is 55.6 Å². The van der Waals surface area contributed by atoms with E-state index in [0.29, 0.717) is 38.4 Å². The van der Waals surface area contributed by atoms with E-state index in [1.54, 1.807) is 24.1 Å². The smallest absolute Gasteiger partial charge is 0.254 e. The van der Waals surface area contributed by atoms with Gasteiger partial charge in [-0.3, -0.25) is 9.59 Å². The predicted molar refractivity (Wildman–Crippen MR) is 130 cm³/mol. The van der Waals surface area contributed by atoms with E-state index in [4.69, 9.17) is 9.47 Å². The number of rotatable bonds is 15. The Morgan fingerprint density at radius 3 is 2.27 bits per heavy atom. The van der Waals surface area contributed by atoms with Crippen LogP contribution in [0.15, 0.2) is 42.6 Å². The zero-order valence-electron chi connectivity index (χ0n) is 20.6. The molecule has 2 aromatic rings. The highest BCUT2D eigenvalue weighted by atomic mass is 16.5. The summed E-state index contributed by atoms with van der Waals surface area (Å²) in [4.78, 5) is 29.9. The topological polar surface area (TPSA) is 64.0 Å². The Hall–Kier alpha value is -2.80. The van der Waals surface area contributed by atoms with Crippen molar-refractivity contribution >= 4 is 11.8 Å². The maximum atomic E-state index is 13.3. The van der Waals surface area contributed by atoms with E-state index in [-0.39, 0.29) is 18.4 Å². The standard InChI is InChI=1S/C26H39N3O4/c1-5-7-16-28(20-23-10-9-15-27(23)3)25(30)21-29(17-19-32-4)26(31)22-11-13-24(14-12-22)33-18-8-6-2/h9-15H,5-8,16-21H2,1-4H3. The van der Waals surface area contributed by atoms with Crippen LogP contribution in [0.3, 0.4) is 0 Å². The Morgan fingerprint density at radius 1 is 0.939 bits per heavy atom. The largest absolute Gasteiger partial charge is 0.494 e. The minimum absolute atomic E-state index is 0.0189. The summed E-state index contributed by atoms with van der Waals surface area (Å²) in [6.45, 7) is 6.80. The first-order chi connectivity index (χ1) is 16.0. The van der Waals surface area contributed by atoms with E-state index >= 15 is 0 Å². The van der Waals surface area contributed by atoms with Crippen LogP contribution in [0, 0.1) is 0 Å². The molecule has 0 N–H and O–H groups in total. The van der Waals surface area contributed by atoms with Gasteiger partial charge in [0.1, 0.15) is 12.3 Å². The molecule has 0 aliphatic heterocycles. The first-order valence-corrected chi connectivity index (χ1v) is 11.9. The molecule has 0 unspecified atom stereocenters. The third-order valence-corrected chi connectivity index (χ3v) is 5.59. The van der Waals surface area contributed by atoms with Crippen molar-refractivity contribution in [1.82, 2.24) is 14.4 Å². The summed E-state index contributed by atoms with van der Waals surface area (Å²) < 4.78 is 12.9. The fourth-order valence-corrected chi connectivity index (χ4v) is 3.43. The number of aromatic nitrogens is 1. The van der Waals surface area contributed by atoms with Crippen molar-refractivity contribution in [2.45, 2.75) is 46.1 Å². The monoisotopic (exact) mass is 457 g/mol. The van der Waals surface area contributed by atoms with Crippen molar-refractivity contribution in [3.8, 4) is 5.75 Å². The molecular formula is C26H39N3O4. The van der Waals surface area contributed by atoms with Crippen LogP contribution in [0.25, 0.3) is 0 Å². The fourth-order valence-electron chi connectivity index (χ4n) is 3.43. The van der Waals surface area contributed by atoms with E-state index in [1.807, 2.05) is 47.0 Å². The van der Waals surface area contributed by atoms with Crippen molar-refractivity contribution in [3.63, 3.8) is 0 Å². The Balaban J connectivity index is 2.10. The Bertz CT molecular complexity index is 847. The molecule has 0 spiro atoms. The van der Waals surface area contributed by atoms with Gasteiger partial charge in [0.2, 0.25) is 5.91 Å². The zero-order chi connectivity index (χ0) is 24.1. The van der Waals surface area contributed by atoms with Gasteiger partial charge in [-0.1, -0.05) is 26.7 Å². The van der Waals surface area contributed by atoms with E-state index in [1.165, 1.54) is 0 Å². The SMILES string of the molecule is CCCCOc1ccc(C(=O)N(CCOC)CC(=O)N(CCCC)Cc2cccn2C)cc1. The molecule has 2 rings (SSSR count). The minimum Gasteiger partial charge on any atom is -0.494 e. The molecule has 0 radical (unpaired) electrons. The second-order valence-electron chi connectivity index (χ2n) is 8.23. The highest BCUT2D eigenvalue weighted by Crippen LogP contribution is 2.15. The third-order valence-electron chi connectivity index (χ3n) is 5.59. The fraction of sp³-hybridized carbons (Fsp3) is 0.538. The molecule has 0 bridgehead atoms. The summed E-state index contributed by atoms with van der Waals surface area (Å²) in [5, 5.41) is 0. The van der Waals surface area contributed by atoms with Crippen molar-refractivity contribution in [1.29, 1.82) is 0 Å². The molecule has 0 atom stereocenters. The molecule has 7 heteroatoms. The summed E-state index contributed by atoms with van der Waals surface area (Å²) in [6.07, 6.45) is 5.95. The lowest BCUT2D eigenvalue weighted by Crippen LogP contribution is -2.44. The summed E-state index contributed by atoms with van der Waals surface area (Å²) in [5.41, 5.74) is 1.59. The lowest BCUT2D eigenvalue weighted by Gasteiger charge is -2.28. The van der Waals surface area contributed by atoms with Crippen molar-refractivity contribution < 1.29 is 19.1 Å². The minimum atomic E-state index is -0.185. The van der Waals surface area contributed by atoms with Crippen LogP contribution in [-0.4, -0.2) is 66.1 Å². The van der Waals surface area contributed by atoms with E-state index in [9.17, 15) is 9.59 Å². The van der Waals surface area contributed by atoms with E-state index in [0.717, 1.165) is 37.1 Å². The van der Waals surface area contributed by atoms with Crippen LogP contribution in [0.4, 0.5) is 0 Å². The van der Waals surface area contributed by atoms with Crippen LogP contribution < -0.4 is 4.74 Å². The third kappa shape index (κ3) is 8.57. The maximum Gasteiger partial charge on any atom is 0.254 e. The highest BCUT2D eigenvalue weighted by molar-refractivity contribution is 5.96. The quantitative estimate of drug-likeness (QED) is 0.378. The molecule has 0 saturated heterocycles. The van der Waals surface area contributed by atoms with Crippen molar-refractivity contribution in [2.24, 2.45) is 7.05 Å². The van der Waals surface area contributed by atoms with Crippen LogP contribution in [0.5, 0.6) is 5.75 Å². The number of benzene rings is 1. The normalized spacial score (nSPS) is 10.8. The van der Waals surface area contributed by atoms with Crippen LogP contribution in [-0.2, 0) is 23.1 Å². The molecule has 33 heavy (non-hydrogen) atoms. The number of aryl methyl sites for hydroxylation is 1. The number of unbranched alkanes of at least 4 members (excludes halogenated alkanes) is 2. The number of hydrogen-bond acceptors (Lipinski definition) is 4. The molecule has 1 aromatic heterocycles. The second-order valence-corrected chi connectivity index (χ2v) is 8.23. The molecule has 182 valence electrons. The van der Waals surface area contributed by atoms with Gasteiger partial charge in [0.05, 0.1) is 19.8 Å². The number of ether oxygens (including phenoxy) is 2. The van der Waals surface area contributed by atoms with Crippen LogP contribution >= 0.6 is 0 Å². The van der Waals surface area contributed by atoms with Gasteiger partial charge >= 0.3 is 0 Å². The number of amides is 2. The molecule has 0 aliphatic carbocycles. The molecule has 2 amide bonds. The van der Waals surface area contributed by atoms with Gasteiger partial charge in [0.25, 0.3) is 5.91 Å². The van der Waals surface area contributed by atoms with E-state index in [2.05, 4.69) is 13.8 Å². The van der Waals surface area contributed by atoms with E-state index < -0.39 is 0 Å². The lowest BCUT2D eigenvalue weighted by molar-refractivity contribution is -0.132. The lowest BCUT2D eigenvalue weighted by atomic mass is 10.2. The number of carbonyl (C=O) groups excluding carboxylic acids is 2. The average molecular weight is 458 g/mol. The number of carbonyl (C=O) groups is 2. The van der Waals surface area contributed by atoms with Gasteiger partial charge in [0, 0.05) is 44.7 Å². The highest BCUT2D eigenvalue weighted by Gasteiger charge is 2.23. The second kappa shape index (κ2) is 14.4. The van der Waals surface area contributed by atoms with Gasteiger partial charge in [-0.25, -0.2) is 0 Å². The van der Waals surface area contributed by atoms with Crippen LogP contribution in [0.2, 0.25) is 0 Å². The first-order valence-electron chi connectivity index (χ1n) is 11.9. The van der Waals surface area contributed by atoms with Gasteiger partial charge in [-0.05, 0) is 49.2 Å². The number of hydrogen-bond donors (Lipinski definition) is 0. The predicted octanol–water partition coefficient (Wildman–Crippen LogP) is 4.12. The van der Waals surface area contributed by atoms with Crippen molar-refractivity contribution in [3.05, 3.63) is 53.9 Å². The molecule has 0 fully saturated rings. The molecule has 0 saturated carbocycles.